The molecule has 0 aromatic rings. The molecule has 4 rings (SSSR count). The first-order valence-electron chi connectivity index (χ1n) is 12.1. The summed E-state index contributed by atoms with van der Waals surface area (Å²) in [6, 6.07) is 0. The Hall–Kier alpha value is -1.32. The number of aliphatic carboxylic acids is 1. The largest absolute Gasteiger partial charge is 1.00 e. The Labute approximate surface area is 227 Å². The van der Waals surface area contributed by atoms with Crippen molar-refractivity contribution >= 4 is 23.5 Å². The molecule has 2 N–H and O–H groups in total. The zero-order valence-corrected chi connectivity index (χ0v) is 22.9. The number of ether oxygens (including phenoxy) is 1. The molecule has 186 valence electrons. The van der Waals surface area contributed by atoms with Crippen LogP contribution < -0.4 is 34.7 Å². The van der Waals surface area contributed by atoms with E-state index in [1.165, 1.54) is 0 Å². The minimum atomic E-state index is -1.75. The first-order chi connectivity index (χ1) is 15.8. The summed E-state index contributed by atoms with van der Waals surface area (Å²) in [6.45, 7) is 5.36. The number of fused-ring (bicyclic) bond motifs is 5. The van der Waals surface area contributed by atoms with Gasteiger partial charge in [0, 0.05) is 22.7 Å². The molecule has 35 heavy (non-hydrogen) atoms. The third-order valence-electron chi connectivity index (χ3n) is 9.33. The fourth-order valence-electron chi connectivity index (χ4n) is 7.75. The number of carbonyl (C=O) groups is 4. The molecule has 0 aromatic heterocycles. The van der Waals surface area contributed by atoms with Gasteiger partial charge in [0.25, 0.3) is 0 Å². The second-order valence-electron chi connectivity index (χ2n) is 11.1. The molecule has 0 radical (unpaired) electrons. The maximum Gasteiger partial charge on any atom is 1.00 e. The Balaban J connectivity index is 0.00000342. The Bertz CT molecular complexity index is 988. The molecule has 3 fully saturated rings. The summed E-state index contributed by atoms with van der Waals surface area (Å²) in [5, 5.41) is 33.6. The molecular formula is C26H33NaO8. The third-order valence-corrected chi connectivity index (χ3v) is 9.33. The van der Waals surface area contributed by atoms with Crippen molar-refractivity contribution in [2.75, 3.05) is 6.61 Å². The zero-order chi connectivity index (χ0) is 25.1. The third kappa shape index (κ3) is 4.50. The van der Waals surface area contributed by atoms with E-state index >= 15 is 0 Å². The molecule has 0 heterocycles. The van der Waals surface area contributed by atoms with Gasteiger partial charge in [-0.15, -0.1) is 0 Å². The maximum absolute atomic E-state index is 13.1. The molecule has 8 atom stereocenters. The number of carboxylic acid groups (broad SMARTS) is 1. The summed E-state index contributed by atoms with van der Waals surface area (Å²) in [7, 11) is 0. The van der Waals surface area contributed by atoms with E-state index in [0.717, 1.165) is 12.0 Å². The van der Waals surface area contributed by atoms with Crippen molar-refractivity contribution < 1.29 is 68.8 Å². The van der Waals surface area contributed by atoms with Gasteiger partial charge in [-0.25, -0.2) is 0 Å². The summed E-state index contributed by atoms with van der Waals surface area (Å²) in [6.07, 6.45) is 5.30. The van der Waals surface area contributed by atoms with Gasteiger partial charge in [0.1, 0.15) is 5.60 Å². The molecule has 0 spiro atoms. The molecule has 0 amide bonds. The fraction of sp³-hybridized carbons (Fsp3) is 0.692. The van der Waals surface area contributed by atoms with Crippen LogP contribution in [0.4, 0.5) is 0 Å². The molecule has 0 aliphatic heterocycles. The van der Waals surface area contributed by atoms with Crippen LogP contribution in [-0.2, 0) is 23.9 Å². The average molecular weight is 497 g/mol. The summed E-state index contributed by atoms with van der Waals surface area (Å²) < 4.78 is 4.95. The van der Waals surface area contributed by atoms with Crippen molar-refractivity contribution in [2.24, 2.45) is 34.5 Å². The Morgan fingerprint density at radius 1 is 1.23 bits per heavy atom. The molecule has 4 aliphatic rings. The van der Waals surface area contributed by atoms with Crippen molar-refractivity contribution in [3.63, 3.8) is 0 Å². The number of esters is 1. The molecule has 4 aliphatic carbocycles. The first-order valence-corrected chi connectivity index (χ1v) is 12.1. The van der Waals surface area contributed by atoms with Gasteiger partial charge in [-0.2, -0.15) is 0 Å². The van der Waals surface area contributed by atoms with Crippen LogP contribution in [0.3, 0.4) is 0 Å². The first kappa shape index (κ1) is 28.3. The minimum absolute atomic E-state index is 0. The van der Waals surface area contributed by atoms with Gasteiger partial charge >= 0.3 is 35.5 Å². The van der Waals surface area contributed by atoms with E-state index in [1.54, 1.807) is 12.2 Å². The van der Waals surface area contributed by atoms with Gasteiger partial charge in [0.05, 0.1) is 12.5 Å². The smallest absolute Gasteiger partial charge is 0.550 e. The van der Waals surface area contributed by atoms with Crippen molar-refractivity contribution in [1.29, 1.82) is 0 Å². The van der Waals surface area contributed by atoms with E-state index in [1.807, 2.05) is 13.0 Å². The summed E-state index contributed by atoms with van der Waals surface area (Å²) >= 11 is 0. The Morgan fingerprint density at radius 2 is 1.91 bits per heavy atom. The number of hydrogen-bond donors (Lipinski definition) is 2. The predicted molar refractivity (Wildman–Crippen MR) is 118 cm³/mol. The number of hydrogen-bond acceptors (Lipinski definition) is 8. The number of carbonyl (C=O) groups excluding carboxylic acids is 4. The SMILES string of the molecule is C[C@H]1CC2[C@H](C(O)C[C@@]3(C)[C@H]2CC[C@]3(O)C(=O)COC(=O)CCC(=O)[O-])[C@@]2(C)C=CC(=O)C=C12.[Na+]. The van der Waals surface area contributed by atoms with Gasteiger partial charge < -0.3 is 24.9 Å². The van der Waals surface area contributed by atoms with Crippen LogP contribution in [-0.4, -0.2) is 52.0 Å². The van der Waals surface area contributed by atoms with Gasteiger partial charge in [-0.3, -0.25) is 14.4 Å². The van der Waals surface area contributed by atoms with E-state index in [4.69, 9.17) is 4.74 Å². The van der Waals surface area contributed by atoms with Crippen molar-refractivity contribution in [3.8, 4) is 0 Å². The van der Waals surface area contributed by atoms with Crippen molar-refractivity contribution in [1.82, 2.24) is 0 Å². The van der Waals surface area contributed by atoms with Gasteiger partial charge in [0.15, 0.2) is 12.4 Å². The summed E-state index contributed by atoms with van der Waals surface area (Å²) in [4.78, 5) is 47.5. The second kappa shape index (κ2) is 9.86. The molecule has 8 nitrogen and oxygen atoms in total. The fourth-order valence-corrected chi connectivity index (χ4v) is 7.75. The quantitative estimate of drug-likeness (QED) is 0.314. The predicted octanol–water partition coefficient (Wildman–Crippen LogP) is -2.11. The average Bonchev–Trinajstić information content (AvgIpc) is 3.03. The van der Waals surface area contributed by atoms with Crippen molar-refractivity contribution in [2.45, 2.75) is 71.0 Å². The van der Waals surface area contributed by atoms with Crippen LogP contribution >= 0.6 is 0 Å². The van der Waals surface area contributed by atoms with Gasteiger partial charge in [0.2, 0.25) is 5.78 Å². The molecule has 0 saturated heterocycles. The van der Waals surface area contributed by atoms with Crippen LogP contribution in [0.1, 0.15) is 59.3 Å². The van der Waals surface area contributed by atoms with Crippen LogP contribution in [0.25, 0.3) is 0 Å². The molecule has 2 unspecified atom stereocenters. The molecule has 0 aromatic carbocycles. The second-order valence-corrected chi connectivity index (χ2v) is 11.1. The van der Waals surface area contributed by atoms with E-state index in [2.05, 4.69) is 13.8 Å². The van der Waals surface area contributed by atoms with Gasteiger partial charge in [-0.1, -0.05) is 32.4 Å². The number of Topliss-reactive ketones (excluding diaryl/α,β-unsaturated/α-hetero) is 1. The molecule has 9 heteroatoms. The molecule has 3 saturated carbocycles. The van der Waals surface area contributed by atoms with Crippen LogP contribution in [0.5, 0.6) is 0 Å². The zero-order valence-electron chi connectivity index (χ0n) is 20.9. The van der Waals surface area contributed by atoms with Crippen LogP contribution in [0, 0.1) is 34.5 Å². The summed E-state index contributed by atoms with van der Waals surface area (Å²) in [5.41, 5.74) is -2.07. The topological polar surface area (TPSA) is 141 Å². The van der Waals surface area contributed by atoms with Crippen LogP contribution in [0.2, 0.25) is 0 Å². The Kier molecular flexibility index (Phi) is 7.96. The monoisotopic (exact) mass is 496 g/mol. The standard InChI is InChI=1S/C26H34O8.Na/c1-14-10-16-17-7-9-26(33,20(29)13-34-22(32)5-4-21(30)31)25(17,3)12-19(28)23(16)24(2)8-6-15(27)11-18(14)24;/h6,8,11,14,16-17,19,23,28,33H,4-5,7,9-10,12-13H2,1-3H3,(H,30,31);/q;+1/p-1/t14-,16?,17-,19?,23+,24-,25-,26-;/m0./s1. The van der Waals surface area contributed by atoms with E-state index in [9.17, 15) is 34.5 Å². The minimum Gasteiger partial charge on any atom is -0.550 e. The summed E-state index contributed by atoms with van der Waals surface area (Å²) in [5.74, 6) is -2.85. The number of aliphatic hydroxyl groups excluding tert-OH is 1. The van der Waals surface area contributed by atoms with Crippen LogP contribution in [0.15, 0.2) is 23.8 Å². The number of carboxylic acids is 1. The van der Waals surface area contributed by atoms with Gasteiger partial charge in [-0.05, 0) is 62.0 Å². The Morgan fingerprint density at radius 3 is 2.57 bits per heavy atom. The maximum atomic E-state index is 13.1. The van der Waals surface area contributed by atoms with E-state index in [0.29, 0.717) is 6.42 Å². The number of aliphatic hydroxyl groups is 2. The molecular weight excluding hydrogens is 463 g/mol. The number of ketones is 2. The van der Waals surface area contributed by atoms with E-state index in [-0.39, 0.29) is 71.9 Å². The number of allylic oxidation sites excluding steroid dienone is 4. The van der Waals surface area contributed by atoms with Crippen molar-refractivity contribution in [3.05, 3.63) is 23.8 Å². The molecule has 0 bridgehead atoms. The van der Waals surface area contributed by atoms with E-state index < -0.39 is 59.7 Å². The normalized spacial score (nSPS) is 41.6. The number of rotatable bonds is 6.